The predicted molar refractivity (Wildman–Crippen MR) is 81.5 cm³/mol. The van der Waals surface area contributed by atoms with E-state index in [0.29, 0.717) is 12.2 Å². The molecule has 110 valence electrons. The summed E-state index contributed by atoms with van der Waals surface area (Å²) < 4.78 is 5.19. The Bertz CT molecular complexity index is 586. The monoisotopic (exact) mass is 285 g/mol. The van der Waals surface area contributed by atoms with Crippen molar-refractivity contribution >= 4 is 12.0 Å². The Hall–Kier alpha value is -2.33. The highest BCUT2D eigenvalue weighted by molar-refractivity contribution is 5.91. The average Bonchev–Trinajstić information content (AvgIpc) is 2.96. The minimum atomic E-state index is -1.05. The zero-order chi connectivity index (χ0) is 15.1. The SMILES string of the molecule is CC(O)(CNC(=O)/C=C/c1ccccc1)Cc1ccco1. The summed E-state index contributed by atoms with van der Waals surface area (Å²) in [6, 6.07) is 13.1. The first kappa shape index (κ1) is 15.1. The van der Waals surface area contributed by atoms with Crippen LogP contribution in [0.3, 0.4) is 0 Å². The van der Waals surface area contributed by atoms with Crippen molar-refractivity contribution in [1.29, 1.82) is 0 Å². The molecule has 0 fully saturated rings. The van der Waals surface area contributed by atoms with Crippen molar-refractivity contribution in [3.63, 3.8) is 0 Å². The van der Waals surface area contributed by atoms with E-state index >= 15 is 0 Å². The van der Waals surface area contributed by atoms with E-state index in [1.807, 2.05) is 30.3 Å². The van der Waals surface area contributed by atoms with E-state index < -0.39 is 5.60 Å². The lowest BCUT2D eigenvalue weighted by Crippen LogP contribution is -2.41. The molecule has 2 aromatic rings. The second-order valence-electron chi connectivity index (χ2n) is 5.21. The molecule has 1 atom stereocenters. The molecule has 0 spiro atoms. The first-order valence-corrected chi connectivity index (χ1v) is 6.81. The van der Waals surface area contributed by atoms with Crippen molar-refractivity contribution in [3.8, 4) is 0 Å². The fraction of sp³-hybridized carbons (Fsp3) is 0.235. The van der Waals surface area contributed by atoms with Crippen molar-refractivity contribution in [3.05, 3.63) is 66.1 Å². The van der Waals surface area contributed by atoms with Gasteiger partial charge in [-0.15, -0.1) is 0 Å². The number of aliphatic hydroxyl groups is 1. The van der Waals surface area contributed by atoms with Crippen LogP contribution in [0.5, 0.6) is 0 Å². The maximum absolute atomic E-state index is 11.7. The van der Waals surface area contributed by atoms with Gasteiger partial charge in [0, 0.05) is 19.0 Å². The van der Waals surface area contributed by atoms with Crippen molar-refractivity contribution in [2.45, 2.75) is 18.9 Å². The highest BCUT2D eigenvalue weighted by Crippen LogP contribution is 2.12. The van der Waals surface area contributed by atoms with Crippen LogP contribution in [0.2, 0.25) is 0 Å². The van der Waals surface area contributed by atoms with E-state index in [4.69, 9.17) is 4.42 Å². The Morgan fingerprint density at radius 1 is 1.29 bits per heavy atom. The number of carbonyl (C=O) groups excluding carboxylic acids is 1. The minimum absolute atomic E-state index is 0.158. The number of amides is 1. The molecular weight excluding hydrogens is 266 g/mol. The van der Waals surface area contributed by atoms with Gasteiger partial charge >= 0.3 is 0 Å². The van der Waals surface area contributed by atoms with Crippen LogP contribution in [0.1, 0.15) is 18.2 Å². The number of hydrogen-bond acceptors (Lipinski definition) is 3. The summed E-state index contributed by atoms with van der Waals surface area (Å²) in [5, 5.41) is 12.9. The van der Waals surface area contributed by atoms with Gasteiger partial charge in [-0.3, -0.25) is 4.79 Å². The van der Waals surface area contributed by atoms with Crippen molar-refractivity contribution in [2.75, 3.05) is 6.54 Å². The van der Waals surface area contributed by atoms with Crippen LogP contribution in [0, 0.1) is 0 Å². The molecule has 4 heteroatoms. The lowest BCUT2D eigenvalue weighted by molar-refractivity contribution is -0.117. The van der Waals surface area contributed by atoms with Gasteiger partial charge in [-0.2, -0.15) is 0 Å². The molecule has 21 heavy (non-hydrogen) atoms. The largest absolute Gasteiger partial charge is 0.469 e. The molecular formula is C17H19NO3. The van der Waals surface area contributed by atoms with Crippen LogP contribution in [-0.2, 0) is 11.2 Å². The molecule has 1 amide bonds. The first-order valence-electron chi connectivity index (χ1n) is 6.81. The van der Waals surface area contributed by atoms with Crippen LogP contribution >= 0.6 is 0 Å². The molecule has 1 aromatic carbocycles. The van der Waals surface area contributed by atoms with Gasteiger partial charge < -0.3 is 14.8 Å². The molecule has 0 aliphatic carbocycles. The van der Waals surface area contributed by atoms with Crippen molar-refractivity contribution in [2.24, 2.45) is 0 Å². The lowest BCUT2D eigenvalue weighted by atomic mass is 10.0. The summed E-state index contributed by atoms with van der Waals surface area (Å²) in [5.74, 6) is 0.452. The Labute approximate surface area is 124 Å². The summed E-state index contributed by atoms with van der Waals surface area (Å²) in [5.41, 5.74) is -0.0938. The van der Waals surface area contributed by atoms with Crippen LogP contribution in [0.15, 0.2) is 59.2 Å². The van der Waals surface area contributed by atoms with Gasteiger partial charge in [-0.05, 0) is 30.7 Å². The molecule has 0 radical (unpaired) electrons. The van der Waals surface area contributed by atoms with Crippen molar-refractivity contribution in [1.82, 2.24) is 5.32 Å². The lowest BCUT2D eigenvalue weighted by Gasteiger charge is -2.22. The smallest absolute Gasteiger partial charge is 0.244 e. The van der Waals surface area contributed by atoms with E-state index in [1.54, 1.807) is 31.4 Å². The highest BCUT2D eigenvalue weighted by Gasteiger charge is 2.22. The number of furan rings is 1. The number of benzene rings is 1. The zero-order valence-corrected chi connectivity index (χ0v) is 12.0. The fourth-order valence-corrected chi connectivity index (χ4v) is 1.92. The molecule has 1 aromatic heterocycles. The predicted octanol–water partition coefficient (Wildman–Crippen LogP) is 2.40. The Morgan fingerprint density at radius 3 is 2.71 bits per heavy atom. The topological polar surface area (TPSA) is 62.5 Å². The van der Waals surface area contributed by atoms with Gasteiger partial charge in [0.05, 0.1) is 11.9 Å². The molecule has 2 N–H and O–H groups in total. The molecule has 1 unspecified atom stereocenters. The third kappa shape index (κ3) is 5.28. The molecule has 0 bridgehead atoms. The highest BCUT2D eigenvalue weighted by atomic mass is 16.3. The average molecular weight is 285 g/mol. The van der Waals surface area contributed by atoms with Crippen LogP contribution < -0.4 is 5.32 Å². The standard InChI is InChI=1S/C17H19NO3/c1-17(20,12-15-8-5-11-21-15)13-18-16(19)10-9-14-6-3-2-4-7-14/h2-11,20H,12-13H2,1H3,(H,18,19)/b10-9+. The van der Waals surface area contributed by atoms with Gasteiger partial charge in [-0.25, -0.2) is 0 Å². The van der Waals surface area contributed by atoms with E-state index in [1.165, 1.54) is 6.08 Å². The van der Waals surface area contributed by atoms with Crippen LogP contribution in [-0.4, -0.2) is 23.2 Å². The summed E-state index contributed by atoms with van der Waals surface area (Å²) >= 11 is 0. The fourth-order valence-electron chi connectivity index (χ4n) is 1.92. The van der Waals surface area contributed by atoms with Crippen molar-refractivity contribution < 1.29 is 14.3 Å². The number of carbonyl (C=O) groups is 1. The Kier molecular flexibility index (Phi) is 4.95. The first-order chi connectivity index (χ1) is 10.1. The third-order valence-corrected chi connectivity index (χ3v) is 3.01. The molecule has 2 rings (SSSR count). The van der Waals surface area contributed by atoms with Gasteiger partial charge in [0.15, 0.2) is 0 Å². The molecule has 0 aliphatic rings. The van der Waals surface area contributed by atoms with Gasteiger partial charge in [0.25, 0.3) is 0 Å². The quantitative estimate of drug-likeness (QED) is 0.801. The second kappa shape index (κ2) is 6.90. The summed E-state index contributed by atoms with van der Waals surface area (Å²) in [4.78, 5) is 11.7. The summed E-state index contributed by atoms with van der Waals surface area (Å²) in [6.45, 7) is 1.82. The molecule has 0 aliphatic heterocycles. The molecule has 0 saturated heterocycles. The normalized spacial score (nSPS) is 14.0. The third-order valence-electron chi connectivity index (χ3n) is 3.01. The summed E-state index contributed by atoms with van der Waals surface area (Å²) in [7, 11) is 0. The van der Waals surface area contributed by atoms with Gasteiger partial charge in [0.1, 0.15) is 5.76 Å². The molecule has 4 nitrogen and oxygen atoms in total. The summed E-state index contributed by atoms with van der Waals surface area (Å²) in [6.07, 6.45) is 5.10. The van der Waals surface area contributed by atoms with Crippen LogP contribution in [0.4, 0.5) is 0 Å². The molecule has 0 saturated carbocycles. The van der Waals surface area contributed by atoms with E-state index in [9.17, 15) is 9.90 Å². The van der Waals surface area contributed by atoms with E-state index in [2.05, 4.69) is 5.32 Å². The van der Waals surface area contributed by atoms with Gasteiger partial charge in [-0.1, -0.05) is 30.3 Å². The number of nitrogens with one attached hydrogen (secondary N) is 1. The zero-order valence-electron chi connectivity index (χ0n) is 12.0. The van der Waals surface area contributed by atoms with Gasteiger partial charge in [0.2, 0.25) is 5.91 Å². The Morgan fingerprint density at radius 2 is 2.05 bits per heavy atom. The van der Waals surface area contributed by atoms with Crippen LogP contribution in [0.25, 0.3) is 6.08 Å². The Balaban J connectivity index is 1.81. The maximum atomic E-state index is 11.7. The maximum Gasteiger partial charge on any atom is 0.244 e. The molecule has 1 heterocycles. The number of rotatable bonds is 6. The minimum Gasteiger partial charge on any atom is -0.469 e. The second-order valence-corrected chi connectivity index (χ2v) is 5.21. The van der Waals surface area contributed by atoms with E-state index in [0.717, 1.165) is 5.56 Å². The number of hydrogen-bond donors (Lipinski definition) is 2. The van der Waals surface area contributed by atoms with E-state index in [-0.39, 0.29) is 12.5 Å².